The Bertz CT molecular complexity index is 1760. The number of nitrogens with zero attached hydrogens (tertiary/aromatic N) is 2. The molecule has 0 atom stereocenters. The minimum Gasteiger partial charge on any atom is -0.423 e. The molecule has 7 nitrogen and oxygen atoms in total. The molecule has 0 unspecified atom stereocenters. The Morgan fingerprint density at radius 1 is 0.821 bits per heavy atom. The number of hydrogen-bond donors (Lipinski definition) is 1. The van der Waals surface area contributed by atoms with Gasteiger partial charge in [0.1, 0.15) is 22.3 Å². The number of H-pyrrole nitrogens is 1. The zero-order valence-corrected chi connectivity index (χ0v) is 21.5. The van der Waals surface area contributed by atoms with Gasteiger partial charge in [0.15, 0.2) is 5.76 Å². The predicted octanol–water partition coefficient (Wildman–Crippen LogP) is 5.86. The zero-order chi connectivity index (χ0) is 26.6. The molecule has 0 fully saturated rings. The maximum atomic E-state index is 13.4. The van der Waals surface area contributed by atoms with Crippen molar-refractivity contribution >= 4 is 34.6 Å². The van der Waals surface area contributed by atoms with Crippen LogP contribution in [-0.4, -0.2) is 21.2 Å². The fraction of sp³-hybridized carbons (Fsp3) is 0.0323. The number of carbonyl (C=O) groups excluding carboxylic acids is 1. The number of aromatic nitrogens is 3. The minimum atomic E-state index is -0.311. The molecule has 0 saturated heterocycles. The first kappa shape index (κ1) is 24.4. The van der Waals surface area contributed by atoms with E-state index in [0.717, 1.165) is 11.1 Å². The molecule has 6 aromatic rings. The van der Waals surface area contributed by atoms with Gasteiger partial charge in [-0.25, -0.2) is 9.78 Å². The summed E-state index contributed by atoms with van der Waals surface area (Å²) in [7, 11) is 0. The van der Waals surface area contributed by atoms with Crippen molar-refractivity contribution in [3.8, 4) is 28.3 Å². The van der Waals surface area contributed by atoms with E-state index >= 15 is 0 Å². The smallest absolute Gasteiger partial charge is 0.351 e. The number of oxazole rings is 1. The summed E-state index contributed by atoms with van der Waals surface area (Å²) in [6.07, 6.45) is 0. The lowest BCUT2D eigenvalue weighted by Crippen LogP contribution is -2.29. The molecule has 0 aliphatic heterocycles. The SMILES string of the molecule is O=C(CSc1[nH+]c2ccccc2c(=O)n1-c1ccccc1)Nc1nc(-c2ccccc2)c(-c2ccccc2)o1. The number of hydrogen-bond acceptors (Lipinski definition) is 5. The van der Waals surface area contributed by atoms with Crippen molar-refractivity contribution in [1.82, 2.24) is 9.55 Å². The van der Waals surface area contributed by atoms with E-state index in [1.807, 2.05) is 109 Å². The van der Waals surface area contributed by atoms with Crippen molar-refractivity contribution < 1.29 is 14.2 Å². The standard InChI is InChI=1S/C31H22N4O3S/c36-26(33-30-34-27(21-12-4-1-5-13-21)28(38-30)22-14-6-2-7-15-22)20-39-31-32-25-19-11-10-18-24(25)29(37)35(31)23-16-8-3-9-17-23/h1-19H,20H2,(H,33,34,36)/p+1. The summed E-state index contributed by atoms with van der Waals surface area (Å²) in [4.78, 5) is 34.4. The number of carbonyl (C=O) groups is 1. The number of benzene rings is 4. The molecular weight excluding hydrogens is 508 g/mol. The van der Waals surface area contributed by atoms with E-state index in [0.29, 0.717) is 33.2 Å². The number of anilines is 1. The van der Waals surface area contributed by atoms with Gasteiger partial charge >= 0.3 is 16.7 Å². The second-order valence-corrected chi connectivity index (χ2v) is 9.68. The quantitative estimate of drug-likeness (QED) is 0.206. The van der Waals surface area contributed by atoms with Gasteiger partial charge in [0.25, 0.3) is 0 Å². The van der Waals surface area contributed by atoms with Crippen LogP contribution in [0.25, 0.3) is 39.2 Å². The van der Waals surface area contributed by atoms with E-state index in [2.05, 4.69) is 15.3 Å². The third kappa shape index (κ3) is 5.10. The molecule has 2 aromatic heterocycles. The fourth-order valence-electron chi connectivity index (χ4n) is 4.31. The maximum Gasteiger partial charge on any atom is 0.351 e. The van der Waals surface area contributed by atoms with E-state index in [4.69, 9.17) is 4.42 Å². The Hall–Kier alpha value is -4.95. The molecule has 1 amide bonds. The van der Waals surface area contributed by atoms with Crippen LogP contribution >= 0.6 is 11.8 Å². The van der Waals surface area contributed by atoms with Gasteiger partial charge < -0.3 is 4.42 Å². The molecule has 2 heterocycles. The number of amides is 1. The van der Waals surface area contributed by atoms with Crippen LogP contribution in [0.1, 0.15) is 0 Å². The summed E-state index contributed by atoms with van der Waals surface area (Å²) in [5.41, 5.74) is 3.63. The van der Waals surface area contributed by atoms with Crippen molar-refractivity contribution in [2.24, 2.45) is 0 Å². The molecule has 6 rings (SSSR count). The Labute approximate surface area is 228 Å². The Morgan fingerprint density at radius 2 is 1.44 bits per heavy atom. The highest BCUT2D eigenvalue weighted by Gasteiger charge is 2.23. The third-order valence-corrected chi connectivity index (χ3v) is 7.08. The van der Waals surface area contributed by atoms with Gasteiger partial charge in [-0.1, -0.05) is 91.0 Å². The number of para-hydroxylation sites is 2. The Kier molecular flexibility index (Phi) is 6.76. The van der Waals surface area contributed by atoms with Gasteiger partial charge in [-0.2, -0.15) is 9.55 Å². The molecule has 0 aliphatic rings. The molecule has 2 N–H and O–H groups in total. The third-order valence-electron chi connectivity index (χ3n) is 6.12. The first-order valence-electron chi connectivity index (χ1n) is 12.3. The van der Waals surface area contributed by atoms with Crippen LogP contribution in [-0.2, 0) is 4.79 Å². The largest absolute Gasteiger partial charge is 0.423 e. The second-order valence-electron chi connectivity index (χ2n) is 8.72. The topological polar surface area (TPSA) is 91.3 Å². The van der Waals surface area contributed by atoms with Gasteiger partial charge in [0.05, 0.1) is 5.75 Å². The average Bonchev–Trinajstić information content (AvgIpc) is 3.41. The lowest BCUT2D eigenvalue weighted by molar-refractivity contribution is -0.405. The Morgan fingerprint density at radius 3 is 2.15 bits per heavy atom. The normalized spacial score (nSPS) is 11.0. The molecule has 0 aliphatic carbocycles. The number of fused-ring (bicyclic) bond motifs is 1. The lowest BCUT2D eigenvalue weighted by atomic mass is 10.1. The molecule has 190 valence electrons. The fourth-order valence-corrected chi connectivity index (χ4v) is 5.15. The minimum absolute atomic E-state index is 0.0326. The number of aromatic amines is 1. The van der Waals surface area contributed by atoms with Crippen LogP contribution in [0.5, 0.6) is 0 Å². The van der Waals surface area contributed by atoms with Crippen molar-refractivity contribution in [3.05, 3.63) is 126 Å². The molecule has 0 saturated carbocycles. The van der Waals surface area contributed by atoms with Crippen LogP contribution in [0.2, 0.25) is 0 Å². The van der Waals surface area contributed by atoms with Crippen LogP contribution < -0.4 is 15.9 Å². The van der Waals surface area contributed by atoms with Crippen molar-refractivity contribution in [3.63, 3.8) is 0 Å². The molecule has 0 radical (unpaired) electrons. The predicted molar refractivity (Wildman–Crippen MR) is 153 cm³/mol. The van der Waals surface area contributed by atoms with Gasteiger partial charge in [-0.15, -0.1) is 0 Å². The highest BCUT2D eigenvalue weighted by molar-refractivity contribution is 7.99. The summed E-state index contributed by atoms with van der Waals surface area (Å²) < 4.78 is 7.62. The monoisotopic (exact) mass is 531 g/mol. The van der Waals surface area contributed by atoms with Crippen LogP contribution in [0.15, 0.2) is 130 Å². The van der Waals surface area contributed by atoms with E-state index in [1.54, 1.807) is 10.6 Å². The van der Waals surface area contributed by atoms with Gasteiger partial charge in [-0.05, 0) is 36.0 Å². The summed E-state index contributed by atoms with van der Waals surface area (Å²) in [5, 5.41) is 3.90. The molecule has 0 bridgehead atoms. The van der Waals surface area contributed by atoms with E-state index in [9.17, 15) is 9.59 Å². The van der Waals surface area contributed by atoms with Crippen molar-refractivity contribution in [2.45, 2.75) is 5.16 Å². The lowest BCUT2D eigenvalue weighted by Gasteiger charge is -2.06. The van der Waals surface area contributed by atoms with Gasteiger partial charge in [-0.3, -0.25) is 10.1 Å². The first-order valence-corrected chi connectivity index (χ1v) is 13.3. The van der Waals surface area contributed by atoms with E-state index < -0.39 is 0 Å². The summed E-state index contributed by atoms with van der Waals surface area (Å²) in [5.74, 6) is 0.296. The highest BCUT2D eigenvalue weighted by Crippen LogP contribution is 2.34. The number of nitrogens with one attached hydrogen (secondary N) is 2. The zero-order valence-electron chi connectivity index (χ0n) is 20.7. The van der Waals surface area contributed by atoms with Gasteiger partial charge in [0, 0.05) is 11.1 Å². The van der Waals surface area contributed by atoms with Crippen molar-refractivity contribution in [2.75, 3.05) is 11.1 Å². The maximum absolute atomic E-state index is 13.4. The van der Waals surface area contributed by atoms with E-state index in [1.165, 1.54) is 11.8 Å². The average molecular weight is 532 g/mol. The van der Waals surface area contributed by atoms with Gasteiger partial charge in [0.2, 0.25) is 5.91 Å². The Balaban J connectivity index is 1.28. The summed E-state index contributed by atoms with van der Waals surface area (Å²) in [6.45, 7) is 0. The highest BCUT2D eigenvalue weighted by atomic mass is 32.2. The molecule has 4 aromatic carbocycles. The number of rotatable bonds is 7. The summed E-state index contributed by atoms with van der Waals surface area (Å²) >= 11 is 1.23. The van der Waals surface area contributed by atoms with E-state index in [-0.39, 0.29) is 23.2 Å². The van der Waals surface area contributed by atoms with Crippen molar-refractivity contribution in [1.29, 1.82) is 0 Å². The first-order chi connectivity index (χ1) is 19.2. The second kappa shape index (κ2) is 10.8. The summed E-state index contributed by atoms with van der Waals surface area (Å²) in [6, 6.07) is 36.1. The number of thioether (sulfide) groups is 1. The van der Waals surface area contributed by atoms with Crippen LogP contribution in [0.3, 0.4) is 0 Å². The molecule has 8 heteroatoms. The molecule has 39 heavy (non-hydrogen) atoms. The molecular formula is C31H23N4O3S+. The van der Waals surface area contributed by atoms with Crippen LogP contribution in [0, 0.1) is 0 Å². The molecule has 0 spiro atoms. The van der Waals surface area contributed by atoms with Crippen LogP contribution in [0.4, 0.5) is 6.01 Å².